The Morgan fingerprint density at radius 1 is 0.818 bits per heavy atom. The monoisotopic (exact) mass is 160 g/mol. The zero-order valence-corrected chi connectivity index (χ0v) is 8.40. The van der Waals surface area contributed by atoms with Gasteiger partial charge in [0.15, 0.2) is 0 Å². The standard InChI is InChI=1S/C6H12.C2H6O.C2H6/c1-2-4-6-5-3-1;1-2-3;1-2/h1-6H2;3H,2H2,1H3;1-2H3. The van der Waals surface area contributed by atoms with E-state index in [4.69, 9.17) is 5.11 Å². The molecule has 0 bridgehead atoms. The van der Waals surface area contributed by atoms with Crippen LogP contribution in [-0.2, 0) is 0 Å². The van der Waals surface area contributed by atoms with E-state index in [2.05, 4.69) is 0 Å². The number of rotatable bonds is 0. The molecule has 0 unspecified atom stereocenters. The van der Waals surface area contributed by atoms with Gasteiger partial charge in [0.1, 0.15) is 0 Å². The fourth-order valence-electron chi connectivity index (χ4n) is 1.06. The first-order valence-electron chi connectivity index (χ1n) is 5.02. The van der Waals surface area contributed by atoms with Crippen molar-refractivity contribution in [2.75, 3.05) is 6.61 Å². The highest BCUT2D eigenvalue weighted by atomic mass is 16.2. The maximum atomic E-state index is 7.57. The molecule has 70 valence electrons. The molecule has 1 N–H and O–H groups in total. The first-order chi connectivity index (χ1) is 5.41. The van der Waals surface area contributed by atoms with Gasteiger partial charge in [-0.1, -0.05) is 52.4 Å². The lowest BCUT2D eigenvalue weighted by molar-refractivity contribution is 0.318. The summed E-state index contributed by atoms with van der Waals surface area (Å²) in [6, 6.07) is 0. The lowest BCUT2D eigenvalue weighted by Crippen LogP contribution is -1.85. The summed E-state index contributed by atoms with van der Waals surface area (Å²) in [6.07, 6.45) is 9.00. The van der Waals surface area contributed by atoms with Crippen molar-refractivity contribution in [3.8, 4) is 0 Å². The predicted octanol–water partition coefficient (Wildman–Crippen LogP) is 3.37. The van der Waals surface area contributed by atoms with E-state index in [0.29, 0.717) is 0 Å². The molecule has 0 atom stereocenters. The molecule has 1 nitrogen and oxygen atoms in total. The Morgan fingerprint density at radius 3 is 1.00 bits per heavy atom. The molecule has 0 aliphatic heterocycles. The van der Waals surface area contributed by atoms with Crippen molar-refractivity contribution in [3.05, 3.63) is 0 Å². The molecule has 11 heavy (non-hydrogen) atoms. The molecule has 1 aliphatic carbocycles. The highest BCUT2D eigenvalue weighted by molar-refractivity contribution is 4.51. The first kappa shape index (κ1) is 13.5. The maximum Gasteiger partial charge on any atom is 0.0402 e. The minimum absolute atomic E-state index is 0.250. The largest absolute Gasteiger partial charge is 0.397 e. The lowest BCUT2D eigenvalue weighted by Gasteiger charge is -2.05. The zero-order chi connectivity index (χ0) is 8.95. The quantitative estimate of drug-likeness (QED) is 0.576. The van der Waals surface area contributed by atoms with Gasteiger partial charge in [-0.15, -0.1) is 0 Å². The SMILES string of the molecule is C1CCCCC1.CC.CCO. The van der Waals surface area contributed by atoms with Crippen LogP contribution in [0.1, 0.15) is 59.3 Å². The summed E-state index contributed by atoms with van der Waals surface area (Å²) in [5.74, 6) is 0. The molecule has 1 saturated carbocycles. The van der Waals surface area contributed by atoms with Crippen molar-refractivity contribution >= 4 is 0 Å². The van der Waals surface area contributed by atoms with Crippen molar-refractivity contribution in [3.63, 3.8) is 0 Å². The molecule has 1 rings (SSSR count). The van der Waals surface area contributed by atoms with Crippen LogP contribution in [0.2, 0.25) is 0 Å². The van der Waals surface area contributed by atoms with E-state index in [0.717, 1.165) is 0 Å². The van der Waals surface area contributed by atoms with E-state index in [9.17, 15) is 0 Å². The Hall–Kier alpha value is -0.0400. The number of aliphatic hydroxyl groups excluding tert-OH is 1. The first-order valence-corrected chi connectivity index (χ1v) is 5.02. The average molecular weight is 160 g/mol. The van der Waals surface area contributed by atoms with Gasteiger partial charge in [0.2, 0.25) is 0 Å². The van der Waals surface area contributed by atoms with Gasteiger partial charge in [0.25, 0.3) is 0 Å². The fraction of sp³-hybridized carbons (Fsp3) is 1.00. The van der Waals surface area contributed by atoms with Crippen molar-refractivity contribution < 1.29 is 5.11 Å². The van der Waals surface area contributed by atoms with E-state index in [1.807, 2.05) is 13.8 Å². The molecule has 0 aromatic heterocycles. The van der Waals surface area contributed by atoms with E-state index < -0.39 is 0 Å². The molecule has 0 spiro atoms. The van der Waals surface area contributed by atoms with E-state index in [1.165, 1.54) is 38.5 Å². The Morgan fingerprint density at radius 2 is 0.909 bits per heavy atom. The fourth-order valence-corrected chi connectivity index (χ4v) is 1.06. The summed E-state index contributed by atoms with van der Waals surface area (Å²) in [4.78, 5) is 0. The Labute approximate surface area is 71.8 Å². The normalized spacial score (nSPS) is 15.3. The van der Waals surface area contributed by atoms with E-state index in [1.54, 1.807) is 6.92 Å². The molecule has 1 aliphatic rings. The topological polar surface area (TPSA) is 20.2 Å². The van der Waals surface area contributed by atoms with Crippen LogP contribution in [0.3, 0.4) is 0 Å². The van der Waals surface area contributed by atoms with Crippen LogP contribution in [0.25, 0.3) is 0 Å². The Bertz CT molecular complexity index is 28.6. The number of hydrogen-bond donors (Lipinski definition) is 1. The second-order valence-electron chi connectivity index (χ2n) is 2.44. The third-order valence-corrected chi connectivity index (χ3v) is 1.50. The van der Waals surface area contributed by atoms with Crippen molar-refractivity contribution in [1.29, 1.82) is 0 Å². The second kappa shape index (κ2) is 16.5. The summed E-state index contributed by atoms with van der Waals surface area (Å²) in [6.45, 7) is 5.93. The smallest absolute Gasteiger partial charge is 0.0402 e. The van der Waals surface area contributed by atoms with Crippen LogP contribution in [-0.4, -0.2) is 11.7 Å². The molecule has 0 amide bonds. The van der Waals surface area contributed by atoms with Crippen LogP contribution in [0.15, 0.2) is 0 Å². The molecule has 1 heteroatoms. The Kier molecular flexibility index (Phi) is 20.3. The van der Waals surface area contributed by atoms with Crippen molar-refractivity contribution in [1.82, 2.24) is 0 Å². The molecule has 0 aromatic rings. The van der Waals surface area contributed by atoms with Gasteiger partial charge in [-0.3, -0.25) is 0 Å². The average Bonchev–Trinajstić information content (AvgIpc) is 2.12. The third kappa shape index (κ3) is 17.8. The van der Waals surface area contributed by atoms with Gasteiger partial charge in [-0.05, 0) is 6.92 Å². The molecular weight excluding hydrogens is 136 g/mol. The number of hydrogen-bond acceptors (Lipinski definition) is 1. The maximum absolute atomic E-state index is 7.57. The van der Waals surface area contributed by atoms with Gasteiger partial charge < -0.3 is 5.11 Å². The second-order valence-corrected chi connectivity index (χ2v) is 2.44. The van der Waals surface area contributed by atoms with E-state index in [-0.39, 0.29) is 6.61 Å². The predicted molar refractivity (Wildman–Crippen MR) is 51.8 cm³/mol. The van der Waals surface area contributed by atoms with Gasteiger partial charge in [0.05, 0.1) is 0 Å². The van der Waals surface area contributed by atoms with Crippen LogP contribution in [0.5, 0.6) is 0 Å². The van der Waals surface area contributed by atoms with Crippen LogP contribution >= 0.6 is 0 Å². The third-order valence-electron chi connectivity index (χ3n) is 1.50. The minimum Gasteiger partial charge on any atom is -0.397 e. The zero-order valence-electron chi connectivity index (χ0n) is 8.40. The van der Waals surface area contributed by atoms with Crippen LogP contribution in [0, 0.1) is 0 Å². The highest BCUT2D eigenvalue weighted by Crippen LogP contribution is 2.15. The summed E-state index contributed by atoms with van der Waals surface area (Å²) < 4.78 is 0. The molecule has 1 fully saturated rings. The molecule has 0 heterocycles. The van der Waals surface area contributed by atoms with Crippen LogP contribution < -0.4 is 0 Å². The number of aliphatic hydroxyl groups is 1. The van der Waals surface area contributed by atoms with Crippen molar-refractivity contribution in [2.24, 2.45) is 0 Å². The summed E-state index contributed by atoms with van der Waals surface area (Å²) in [5.41, 5.74) is 0. The molecule has 0 aromatic carbocycles. The summed E-state index contributed by atoms with van der Waals surface area (Å²) in [7, 11) is 0. The van der Waals surface area contributed by atoms with Gasteiger partial charge >= 0.3 is 0 Å². The van der Waals surface area contributed by atoms with Gasteiger partial charge in [-0.2, -0.15) is 0 Å². The molecule has 0 saturated heterocycles. The van der Waals surface area contributed by atoms with Gasteiger partial charge in [0, 0.05) is 6.61 Å². The molecule has 0 radical (unpaired) electrons. The summed E-state index contributed by atoms with van der Waals surface area (Å²) in [5, 5.41) is 7.57. The molecular formula is C10H24O. The minimum atomic E-state index is 0.250. The van der Waals surface area contributed by atoms with E-state index >= 15 is 0 Å². The summed E-state index contributed by atoms with van der Waals surface area (Å²) >= 11 is 0. The lowest BCUT2D eigenvalue weighted by atomic mass is 10.0. The van der Waals surface area contributed by atoms with Crippen LogP contribution in [0.4, 0.5) is 0 Å². The van der Waals surface area contributed by atoms with Gasteiger partial charge in [-0.25, -0.2) is 0 Å². The Balaban J connectivity index is 0. The highest BCUT2D eigenvalue weighted by Gasteiger charge is 1.95. The van der Waals surface area contributed by atoms with Crippen molar-refractivity contribution in [2.45, 2.75) is 59.3 Å².